The van der Waals surface area contributed by atoms with Gasteiger partial charge in [-0.2, -0.15) is 0 Å². The van der Waals surface area contributed by atoms with Crippen LogP contribution in [-0.2, 0) is 36.5 Å². The number of rotatable bonds is 7. The average Bonchev–Trinajstić information content (AvgIpc) is 2.79. The van der Waals surface area contributed by atoms with Gasteiger partial charge >= 0.3 is 5.97 Å². The minimum absolute atomic E-state index is 0.0636. The summed E-state index contributed by atoms with van der Waals surface area (Å²) in [6.07, 6.45) is 5.97. The fourth-order valence-corrected chi connectivity index (χ4v) is 5.10. The molecule has 2 bridgehead atoms. The van der Waals surface area contributed by atoms with Crippen molar-refractivity contribution in [2.24, 2.45) is 0 Å². The predicted molar refractivity (Wildman–Crippen MR) is 139 cm³/mol. The highest BCUT2D eigenvalue weighted by molar-refractivity contribution is 6.74. The van der Waals surface area contributed by atoms with Crippen LogP contribution in [0, 0.1) is 23.7 Å². The molecular weight excluding hydrogens is 456 g/mol. The molecule has 0 N–H and O–H groups in total. The number of carbonyl (C=O) groups is 2. The zero-order valence-electron chi connectivity index (χ0n) is 21.5. The second-order valence-electron chi connectivity index (χ2n) is 10.4. The van der Waals surface area contributed by atoms with Crippen LogP contribution < -0.4 is 0 Å². The van der Waals surface area contributed by atoms with Crippen molar-refractivity contribution in [3.05, 3.63) is 59.2 Å². The van der Waals surface area contributed by atoms with Gasteiger partial charge in [0.25, 0.3) is 0 Å². The number of fused-ring (bicyclic) bond motifs is 2. The summed E-state index contributed by atoms with van der Waals surface area (Å²) in [4.78, 5) is 25.4. The van der Waals surface area contributed by atoms with Crippen molar-refractivity contribution in [2.75, 3.05) is 7.11 Å². The molecule has 0 fully saturated rings. The van der Waals surface area contributed by atoms with E-state index in [9.17, 15) is 9.59 Å². The molecule has 35 heavy (non-hydrogen) atoms. The second-order valence-corrected chi connectivity index (χ2v) is 15.1. The zero-order valence-corrected chi connectivity index (χ0v) is 22.5. The zero-order chi connectivity index (χ0) is 25.7. The first-order valence-electron chi connectivity index (χ1n) is 11.9. The summed E-state index contributed by atoms with van der Waals surface area (Å²) in [6.45, 7) is 11.0. The molecule has 5 nitrogen and oxygen atoms in total. The standard InChI is InChI=1S/C29H34O5Si/c1-28(2,3)35(5,6)34-29-18-10-8-7-9-13-25(24(27(29)31)12-11-19-29)33-21-23-16-14-22(15-17-23)20-26(30)32-4/h7-8,12,14-17,25H,11,19-21H2,1-6H3/b8-7+. The lowest BCUT2D eigenvalue weighted by Crippen LogP contribution is -2.55. The van der Waals surface area contributed by atoms with Crippen LogP contribution >= 0.6 is 0 Å². The molecule has 0 heterocycles. The fourth-order valence-electron chi connectivity index (χ4n) is 3.67. The Morgan fingerprint density at radius 1 is 1.11 bits per heavy atom. The van der Waals surface area contributed by atoms with Gasteiger partial charge in [0.1, 0.15) is 6.10 Å². The second kappa shape index (κ2) is 10.8. The molecule has 2 aliphatic carbocycles. The molecule has 0 aliphatic heterocycles. The summed E-state index contributed by atoms with van der Waals surface area (Å²) in [5.74, 6) is 11.8. The van der Waals surface area contributed by atoms with E-state index < -0.39 is 20.0 Å². The van der Waals surface area contributed by atoms with Crippen LogP contribution in [0.2, 0.25) is 18.1 Å². The van der Waals surface area contributed by atoms with Gasteiger partial charge in [-0.25, -0.2) is 0 Å². The number of hydrogen-bond donors (Lipinski definition) is 0. The summed E-state index contributed by atoms with van der Waals surface area (Å²) in [7, 11) is -0.915. The molecular formula is C29H34O5Si. The lowest BCUT2D eigenvalue weighted by Gasteiger charge is -2.44. The lowest BCUT2D eigenvalue weighted by molar-refractivity contribution is -0.139. The molecule has 6 heteroatoms. The Kier molecular flexibility index (Phi) is 8.23. The number of esters is 1. The van der Waals surface area contributed by atoms with Crippen molar-refractivity contribution in [1.82, 2.24) is 0 Å². The molecule has 2 aliphatic rings. The maximum atomic E-state index is 13.9. The first-order chi connectivity index (χ1) is 16.5. The highest BCUT2D eigenvalue weighted by Crippen LogP contribution is 2.42. The van der Waals surface area contributed by atoms with Crippen LogP contribution in [0.25, 0.3) is 0 Å². The molecule has 2 atom stereocenters. The van der Waals surface area contributed by atoms with Gasteiger partial charge in [0.05, 0.1) is 20.1 Å². The van der Waals surface area contributed by atoms with Crippen LogP contribution in [0.3, 0.4) is 0 Å². The highest BCUT2D eigenvalue weighted by Gasteiger charge is 2.50. The molecule has 0 saturated carbocycles. The Morgan fingerprint density at radius 3 is 2.43 bits per heavy atom. The summed E-state index contributed by atoms with van der Waals surface area (Å²) in [6, 6.07) is 7.55. The van der Waals surface area contributed by atoms with E-state index >= 15 is 0 Å². The van der Waals surface area contributed by atoms with Crippen molar-refractivity contribution in [3.63, 3.8) is 0 Å². The molecule has 0 spiro atoms. The van der Waals surface area contributed by atoms with Crippen molar-refractivity contribution in [2.45, 2.75) is 76.5 Å². The number of carbonyl (C=O) groups excluding carboxylic acids is 2. The van der Waals surface area contributed by atoms with Crippen LogP contribution in [0.1, 0.15) is 44.7 Å². The molecule has 1 aromatic rings. The van der Waals surface area contributed by atoms with Crippen LogP contribution in [0.5, 0.6) is 0 Å². The molecule has 0 amide bonds. The van der Waals surface area contributed by atoms with Crippen LogP contribution in [0.4, 0.5) is 0 Å². The topological polar surface area (TPSA) is 61.8 Å². The van der Waals surface area contributed by atoms with Gasteiger partial charge in [-0.3, -0.25) is 9.59 Å². The van der Waals surface area contributed by atoms with E-state index in [1.807, 2.05) is 30.3 Å². The van der Waals surface area contributed by atoms with E-state index in [1.165, 1.54) is 7.11 Å². The number of methoxy groups -OCH3 is 1. The summed E-state index contributed by atoms with van der Waals surface area (Å²) in [5, 5.41) is -0.0636. The first kappa shape index (κ1) is 26.7. The van der Waals surface area contributed by atoms with Crippen LogP contribution in [0.15, 0.2) is 48.1 Å². The SMILES string of the molecule is COC(=O)Cc1ccc(COC2C#C/C=C/C#CC3(O[Si](C)(C)C(C)(C)C)CCC=C2C3=O)cc1. The van der Waals surface area contributed by atoms with E-state index in [0.29, 0.717) is 18.4 Å². The third kappa shape index (κ3) is 6.41. The van der Waals surface area contributed by atoms with E-state index in [-0.39, 0.29) is 29.8 Å². The van der Waals surface area contributed by atoms with Gasteiger partial charge < -0.3 is 13.9 Å². The molecule has 2 unspecified atom stereocenters. The van der Waals surface area contributed by atoms with Crippen molar-refractivity contribution >= 4 is 20.1 Å². The molecule has 0 saturated heterocycles. The number of allylic oxidation sites excluding steroid dienone is 3. The minimum atomic E-state index is -2.29. The molecule has 184 valence electrons. The highest BCUT2D eigenvalue weighted by atomic mass is 28.4. The van der Waals surface area contributed by atoms with Gasteiger partial charge in [-0.1, -0.05) is 74.8 Å². The monoisotopic (exact) mass is 490 g/mol. The Morgan fingerprint density at radius 2 is 1.77 bits per heavy atom. The van der Waals surface area contributed by atoms with E-state index in [4.69, 9.17) is 13.9 Å². The normalized spacial score (nSPS) is 22.6. The summed E-state index contributed by atoms with van der Waals surface area (Å²) < 4.78 is 17.6. The quantitative estimate of drug-likeness (QED) is 0.309. The van der Waals surface area contributed by atoms with Gasteiger partial charge in [-0.05, 0) is 54.3 Å². The molecule has 0 radical (unpaired) electrons. The lowest BCUT2D eigenvalue weighted by atomic mass is 9.81. The van der Waals surface area contributed by atoms with Gasteiger partial charge in [0.15, 0.2) is 13.9 Å². The average molecular weight is 491 g/mol. The number of ether oxygens (including phenoxy) is 2. The predicted octanol–water partition coefficient (Wildman–Crippen LogP) is 4.91. The van der Waals surface area contributed by atoms with Gasteiger partial charge in [0, 0.05) is 5.57 Å². The Bertz CT molecular complexity index is 1150. The van der Waals surface area contributed by atoms with Gasteiger partial charge in [-0.15, -0.1) is 0 Å². The number of Topliss-reactive ketones (excluding diaryl/α,β-unsaturated/α-hetero) is 1. The van der Waals surface area contributed by atoms with E-state index in [2.05, 4.69) is 57.5 Å². The molecule has 0 aromatic heterocycles. The smallest absolute Gasteiger partial charge is 0.309 e. The maximum Gasteiger partial charge on any atom is 0.309 e. The van der Waals surface area contributed by atoms with Crippen molar-refractivity contribution in [1.29, 1.82) is 0 Å². The Balaban J connectivity index is 1.83. The number of benzene rings is 1. The maximum absolute atomic E-state index is 13.9. The van der Waals surface area contributed by atoms with E-state index in [0.717, 1.165) is 11.1 Å². The largest absolute Gasteiger partial charge is 0.469 e. The molecule has 1 aromatic carbocycles. The van der Waals surface area contributed by atoms with Gasteiger partial charge in [0.2, 0.25) is 5.78 Å². The van der Waals surface area contributed by atoms with Crippen LogP contribution in [-0.4, -0.2) is 38.9 Å². The van der Waals surface area contributed by atoms with Crippen molar-refractivity contribution in [3.8, 4) is 23.7 Å². The third-order valence-corrected chi connectivity index (χ3v) is 11.2. The number of hydrogen-bond acceptors (Lipinski definition) is 5. The van der Waals surface area contributed by atoms with Crippen molar-refractivity contribution < 1.29 is 23.5 Å². The fraction of sp³-hybridized carbons (Fsp3) is 0.448. The summed E-state index contributed by atoms with van der Waals surface area (Å²) >= 11 is 0. The summed E-state index contributed by atoms with van der Waals surface area (Å²) in [5.41, 5.74) is 1.10. The minimum Gasteiger partial charge on any atom is -0.469 e. The first-order valence-corrected chi connectivity index (χ1v) is 14.8. The number of ketones is 1. The Labute approximate surface area is 210 Å². The molecule has 3 rings (SSSR count). The van der Waals surface area contributed by atoms with E-state index in [1.54, 1.807) is 12.2 Å². The Hall–Kier alpha value is -2.90. The third-order valence-electron chi connectivity index (χ3n) is 6.76.